The maximum Gasteiger partial charge on any atom is 0.276 e. The molecule has 1 heterocycles. The van der Waals surface area contributed by atoms with Crippen LogP contribution in [0.15, 0.2) is 12.1 Å². The first-order valence-electron chi connectivity index (χ1n) is 4.50. The molecule has 1 unspecified atom stereocenters. The van der Waals surface area contributed by atoms with Gasteiger partial charge in [0, 0.05) is 0 Å². The average molecular weight is 229 g/mol. The van der Waals surface area contributed by atoms with Crippen LogP contribution in [0.1, 0.15) is 0 Å². The third-order valence-corrected chi connectivity index (χ3v) is 2.12. The highest BCUT2D eigenvalue weighted by atomic mass is 19.1. The highest BCUT2D eigenvalue weighted by Gasteiger charge is 2.26. The molecule has 0 saturated carbocycles. The van der Waals surface area contributed by atoms with Crippen molar-refractivity contribution in [3.8, 4) is 11.5 Å². The van der Waals surface area contributed by atoms with Gasteiger partial charge in [-0.25, -0.2) is 4.39 Å². The van der Waals surface area contributed by atoms with Crippen LogP contribution in [0.2, 0.25) is 0 Å². The zero-order valence-corrected chi connectivity index (χ0v) is 8.05. The summed E-state index contributed by atoms with van der Waals surface area (Å²) in [5.41, 5.74) is -0.401. The van der Waals surface area contributed by atoms with Gasteiger partial charge >= 0.3 is 0 Å². The molecule has 6 nitrogen and oxygen atoms in total. The number of ether oxygens (including phenoxy) is 2. The minimum Gasteiger partial charge on any atom is -0.485 e. The molecule has 0 aromatic heterocycles. The fraction of sp³-hybridized carbons (Fsp3) is 0.333. The van der Waals surface area contributed by atoms with Gasteiger partial charge in [-0.1, -0.05) is 0 Å². The van der Waals surface area contributed by atoms with Crippen LogP contribution in [0.4, 0.5) is 10.1 Å². The minimum absolute atomic E-state index is 0.0172. The third kappa shape index (κ3) is 1.76. The average Bonchev–Trinajstić information content (AvgIpc) is 2.28. The van der Waals surface area contributed by atoms with Crippen LogP contribution in [0.5, 0.6) is 11.5 Å². The van der Waals surface area contributed by atoms with E-state index in [1.54, 1.807) is 0 Å². The van der Waals surface area contributed by atoms with E-state index >= 15 is 0 Å². The van der Waals surface area contributed by atoms with Gasteiger partial charge in [0.15, 0.2) is 23.4 Å². The summed E-state index contributed by atoms with van der Waals surface area (Å²) in [6, 6.07) is 1.84. The number of nitrogens with zero attached hydrogens (tertiary/aromatic N) is 1. The molecule has 0 saturated heterocycles. The molecule has 1 N–H and O–H groups in total. The molecule has 0 amide bonds. The molecule has 0 fully saturated rings. The number of halogens is 1. The number of nitro groups is 1. The maximum absolute atomic E-state index is 13.4. The number of hydrogen-bond donors (Lipinski definition) is 1. The Balaban J connectivity index is 2.40. The molecular weight excluding hydrogens is 221 g/mol. The van der Waals surface area contributed by atoms with Gasteiger partial charge in [0.2, 0.25) is 0 Å². The second-order valence-electron chi connectivity index (χ2n) is 3.25. The molecule has 86 valence electrons. The van der Waals surface area contributed by atoms with E-state index in [4.69, 9.17) is 14.6 Å². The second kappa shape index (κ2) is 3.93. The molecule has 0 bridgehead atoms. The summed E-state index contributed by atoms with van der Waals surface area (Å²) in [4.78, 5) is 9.74. The Hall–Kier alpha value is -1.89. The zero-order chi connectivity index (χ0) is 11.7. The van der Waals surface area contributed by atoms with Crippen molar-refractivity contribution in [2.24, 2.45) is 0 Å². The fourth-order valence-corrected chi connectivity index (χ4v) is 1.35. The lowest BCUT2D eigenvalue weighted by molar-refractivity contribution is -0.385. The summed E-state index contributed by atoms with van der Waals surface area (Å²) in [7, 11) is 0. The molecule has 7 heteroatoms. The zero-order valence-electron chi connectivity index (χ0n) is 8.05. The quantitative estimate of drug-likeness (QED) is 0.601. The molecule has 1 aliphatic rings. The lowest BCUT2D eigenvalue weighted by Gasteiger charge is -2.25. The Morgan fingerprint density at radius 3 is 3.00 bits per heavy atom. The van der Waals surface area contributed by atoms with E-state index in [1.807, 2.05) is 0 Å². The van der Waals surface area contributed by atoms with E-state index in [9.17, 15) is 14.5 Å². The van der Waals surface area contributed by atoms with E-state index in [2.05, 4.69) is 0 Å². The first-order chi connectivity index (χ1) is 7.61. The number of hydrogen-bond acceptors (Lipinski definition) is 5. The van der Waals surface area contributed by atoms with Crippen molar-refractivity contribution in [2.75, 3.05) is 13.2 Å². The Labute approximate surface area is 89.4 Å². The fourth-order valence-electron chi connectivity index (χ4n) is 1.35. The second-order valence-corrected chi connectivity index (χ2v) is 3.25. The SMILES string of the molecule is O=[N+]([O-])c1cc(F)c2c(c1)OCC(CO)O2. The van der Waals surface area contributed by atoms with Crippen molar-refractivity contribution < 1.29 is 23.9 Å². The largest absolute Gasteiger partial charge is 0.485 e. The van der Waals surface area contributed by atoms with E-state index in [0.717, 1.165) is 12.1 Å². The molecule has 0 aliphatic carbocycles. The van der Waals surface area contributed by atoms with Crippen LogP contribution < -0.4 is 9.47 Å². The number of fused-ring (bicyclic) bond motifs is 1. The maximum atomic E-state index is 13.4. The summed E-state index contributed by atoms with van der Waals surface area (Å²) in [5.74, 6) is -1.09. The van der Waals surface area contributed by atoms with E-state index in [0.29, 0.717) is 0 Å². The lowest BCUT2D eigenvalue weighted by Crippen LogP contribution is -2.32. The first kappa shape index (κ1) is 10.6. The van der Waals surface area contributed by atoms with Crippen LogP contribution in [0.25, 0.3) is 0 Å². The summed E-state index contributed by atoms with van der Waals surface area (Å²) < 4.78 is 23.6. The van der Waals surface area contributed by atoms with Gasteiger partial charge in [0.05, 0.1) is 23.7 Å². The molecule has 1 aromatic rings. The third-order valence-electron chi connectivity index (χ3n) is 2.12. The monoisotopic (exact) mass is 229 g/mol. The highest BCUT2D eigenvalue weighted by molar-refractivity contribution is 5.50. The highest BCUT2D eigenvalue weighted by Crippen LogP contribution is 2.37. The lowest BCUT2D eigenvalue weighted by atomic mass is 10.2. The van der Waals surface area contributed by atoms with E-state index in [-0.39, 0.29) is 24.7 Å². The standard InChI is InChI=1S/C9H8FNO5/c10-7-1-5(11(13)14)2-8-9(7)16-6(3-12)4-15-8/h1-2,6,12H,3-4H2. The first-order valence-corrected chi connectivity index (χ1v) is 4.50. The summed E-state index contributed by atoms with van der Waals surface area (Å²) in [5, 5.41) is 19.3. The number of nitro benzene ring substituents is 1. The minimum atomic E-state index is -0.873. The smallest absolute Gasteiger partial charge is 0.276 e. The number of non-ortho nitro benzene ring substituents is 1. The van der Waals surface area contributed by atoms with Crippen molar-refractivity contribution in [3.63, 3.8) is 0 Å². The van der Waals surface area contributed by atoms with Crippen LogP contribution >= 0.6 is 0 Å². The molecule has 1 aliphatic heterocycles. The van der Waals surface area contributed by atoms with Crippen LogP contribution in [0, 0.1) is 15.9 Å². The van der Waals surface area contributed by atoms with Gasteiger partial charge in [-0.15, -0.1) is 0 Å². The van der Waals surface area contributed by atoms with Gasteiger partial charge < -0.3 is 14.6 Å². The molecule has 0 radical (unpaired) electrons. The van der Waals surface area contributed by atoms with Crippen molar-refractivity contribution in [1.82, 2.24) is 0 Å². The molecule has 16 heavy (non-hydrogen) atoms. The molecule has 0 spiro atoms. The summed E-state index contributed by atoms with van der Waals surface area (Å²) in [6.45, 7) is -0.278. The van der Waals surface area contributed by atoms with Crippen molar-refractivity contribution >= 4 is 5.69 Å². The van der Waals surface area contributed by atoms with Gasteiger partial charge in [-0.3, -0.25) is 10.1 Å². The molecule has 1 aromatic carbocycles. The van der Waals surface area contributed by atoms with Crippen LogP contribution in [-0.2, 0) is 0 Å². The Morgan fingerprint density at radius 1 is 1.62 bits per heavy atom. The number of benzene rings is 1. The van der Waals surface area contributed by atoms with Gasteiger partial charge in [0.1, 0.15) is 6.61 Å². The predicted octanol–water partition coefficient (Wildman–Crippen LogP) is 0.866. The van der Waals surface area contributed by atoms with Crippen molar-refractivity contribution in [1.29, 1.82) is 0 Å². The normalized spacial score (nSPS) is 18.2. The van der Waals surface area contributed by atoms with E-state index < -0.39 is 22.5 Å². The molecule has 1 atom stereocenters. The van der Waals surface area contributed by atoms with Crippen LogP contribution in [-0.4, -0.2) is 29.3 Å². The van der Waals surface area contributed by atoms with Crippen molar-refractivity contribution in [2.45, 2.75) is 6.10 Å². The summed E-state index contributed by atoms with van der Waals surface area (Å²) in [6.07, 6.45) is -0.650. The molecular formula is C9H8FNO5. The Kier molecular flexibility index (Phi) is 2.61. The topological polar surface area (TPSA) is 81.8 Å². The summed E-state index contributed by atoms with van der Waals surface area (Å²) >= 11 is 0. The molecule has 2 rings (SSSR count). The Morgan fingerprint density at radius 2 is 2.38 bits per heavy atom. The van der Waals surface area contributed by atoms with Crippen molar-refractivity contribution in [3.05, 3.63) is 28.1 Å². The van der Waals surface area contributed by atoms with E-state index in [1.165, 1.54) is 0 Å². The predicted molar refractivity (Wildman–Crippen MR) is 50.1 cm³/mol. The number of aliphatic hydroxyl groups excluding tert-OH is 1. The van der Waals surface area contributed by atoms with Gasteiger partial charge in [0.25, 0.3) is 5.69 Å². The number of aliphatic hydroxyl groups is 1. The number of rotatable bonds is 2. The Bertz CT molecular complexity index is 436. The van der Waals surface area contributed by atoms with Gasteiger partial charge in [-0.05, 0) is 0 Å². The van der Waals surface area contributed by atoms with Gasteiger partial charge in [-0.2, -0.15) is 0 Å². The van der Waals surface area contributed by atoms with Crippen LogP contribution in [0.3, 0.4) is 0 Å².